The zero-order valence-corrected chi connectivity index (χ0v) is 16.1. The van der Waals surface area contributed by atoms with Crippen molar-refractivity contribution >= 4 is 5.91 Å². The summed E-state index contributed by atoms with van der Waals surface area (Å²) in [6, 6.07) is 16.1. The van der Waals surface area contributed by atoms with Crippen LogP contribution in [0.3, 0.4) is 0 Å². The van der Waals surface area contributed by atoms with Gasteiger partial charge < -0.3 is 10.1 Å². The molecule has 0 aromatic heterocycles. The highest BCUT2D eigenvalue weighted by molar-refractivity contribution is 5.72. The van der Waals surface area contributed by atoms with Crippen LogP contribution in [0, 0.1) is 11.8 Å². The number of amides is 1. The number of hydrogen-bond acceptors (Lipinski definition) is 2. The molecule has 0 atom stereocenters. The SMILES string of the molecule is CCCOc1ccc(C#Cc2ccc(C(C)(C)CNC(C)=O)cc2)cc1. The molecule has 2 aromatic rings. The van der Waals surface area contributed by atoms with Crippen LogP contribution in [0.4, 0.5) is 0 Å². The maximum absolute atomic E-state index is 11.1. The van der Waals surface area contributed by atoms with E-state index in [0.29, 0.717) is 6.54 Å². The van der Waals surface area contributed by atoms with Crippen LogP contribution in [0.15, 0.2) is 48.5 Å². The van der Waals surface area contributed by atoms with Gasteiger partial charge in [0.2, 0.25) is 5.91 Å². The van der Waals surface area contributed by atoms with E-state index in [9.17, 15) is 4.79 Å². The van der Waals surface area contributed by atoms with Crippen LogP contribution in [-0.2, 0) is 10.2 Å². The second-order valence-electron chi connectivity index (χ2n) is 6.99. The minimum Gasteiger partial charge on any atom is -0.494 e. The summed E-state index contributed by atoms with van der Waals surface area (Å²) < 4.78 is 5.58. The Labute approximate surface area is 156 Å². The maximum Gasteiger partial charge on any atom is 0.216 e. The van der Waals surface area contributed by atoms with Crippen molar-refractivity contribution in [3.8, 4) is 17.6 Å². The number of carbonyl (C=O) groups is 1. The Bertz CT molecular complexity index is 778. The molecule has 1 amide bonds. The van der Waals surface area contributed by atoms with E-state index in [0.717, 1.165) is 29.9 Å². The molecule has 0 heterocycles. The van der Waals surface area contributed by atoms with Gasteiger partial charge in [-0.3, -0.25) is 4.79 Å². The van der Waals surface area contributed by atoms with Crippen molar-refractivity contribution in [3.05, 3.63) is 65.2 Å². The van der Waals surface area contributed by atoms with Gasteiger partial charge in [0.05, 0.1) is 6.61 Å². The number of ether oxygens (including phenoxy) is 1. The summed E-state index contributed by atoms with van der Waals surface area (Å²) in [5, 5.41) is 2.89. The quantitative estimate of drug-likeness (QED) is 0.790. The zero-order valence-electron chi connectivity index (χ0n) is 16.1. The lowest BCUT2D eigenvalue weighted by atomic mass is 9.84. The number of hydrogen-bond donors (Lipinski definition) is 1. The zero-order chi connectivity index (χ0) is 19.0. The van der Waals surface area contributed by atoms with Gasteiger partial charge >= 0.3 is 0 Å². The summed E-state index contributed by atoms with van der Waals surface area (Å²) >= 11 is 0. The predicted molar refractivity (Wildman–Crippen MR) is 106 cm³/mol. The fraction of sp³-hybridized carbons (Fsp3) is 0.348. The Morgan fingerprint density at radius 2 is 1.54 bits per heavy atom. The fourth-order valence-electron chi connectivity index (χ4n) is 2.45. The molecule has 0 spiro atoms. The summed E-state index contributed by atoms with van der Waals surface area (Å²) in [5.41, 5.74) is 2.99. The third kappa shape index (κ3) is 5.97. The Balaban J connectivity index is 2.03. The minimum atomic E-state index is -0.119. The van der Waals surface area contributed by atoms with Crippen LogP contribution in [0.1, 0.15) is 50.8 Å². The van der Waals surface area contributed by atoms with Gasteiger partial charge in [-0.25, -0.2) is 0 Å². The number of benzene rings is 2. The van der Waals surface area contributed by atoms with E-state index >= 15 is 0 Å². The summed E-state index contributed by atoms with van der Waals surface area (Å²) in [6.07, 6.45) is 0.999. The van der Waals surface area contributed by atoms with Crippen LogP contribution in [0.2, 0.25) is 0 Å². The van der Waals surface area contributed by atoms with E-state index in [1.54, 1.807) is 0 Å². The van der Waals surface area contributed by atoms with E-state index in [-0.39, 0.29) is 11.3 Å². The Kier molecular flexibility index (Phi) is 6.86. The summed E-state index contributed by atoms with van der Waals surface area (Å²) in [5.74, 6) is 7.24. The van der Waals surface area contributed by atoms with Gasteiger partial charge in [0.25, 0.3) is 0 Å². The maximum atomic E-state index is 11.1. The van der Waals surface area contributed by atoms with Gasteiger partial charge in [-0.05, 0) is 48.4 Å². The molecule has 2 rings (SSSR count). The normalized spacial score (nSPS) is 10.6. The molecule has 3 nitrogen and oxygen atoms in total. The van der Waals surface area contributed by atoms with E-state index in [4.69, 9.17) is 4.74 Å². The summed E-state index contributed by atoms with van der Waals surface area (Å²) in [6.45, 7) is 9.20. The van der Waals surface area contributed by atoms with Gasteiger partial charge in [-0.2, -0.15) is 0 Å². The third-order valence-corrected chi connectivity index (χ3v) is 4.12. The highest BCUT2D eigenvalue weighted by Crippen LogP contribution is 2.22. The van der Waals surface area contributed by atoms with Gasteiger partial charge in [-0.15, -0.1) is 0 Å². The minimum absolute atomic E-state index is 0.00771. The van der Waals surface area contributed by atoms with Crippen LogP contribution < -0.4 is 10.1 Å². The van der Waals surface area contributed by atoms with E-state index in [1.807, 2.05) is 36.4 Å². The summed E-state index contributed by atoms with van der Waals surface area (Å²) in [4.78, 5) is 11.1. The molecule has 136 valence electrons. The number of rotatable bonds is 6. The molecule has 1 N–H and O–H groups in total. The molecular weight excluding hydrogens is 322 g/mol. The molecule has 26 heavy (non-hydrogen) atoms. The van der Waals surface area contributed by atoms with E-state index in [2.05, 4.69) is 50.1 Å². The monoisotopic (exact) mass is 349 g/mol. The predicted octanol–water partition coefficient (Wildman–Crippen LogP) is 4.29. The molecular formula is C23H27NO2. The van der Waals surface area contributed by atoms with E-state index < -0.39 is 0 Å². The lowest BCUT2D eigenvalue weighted by Gasteiger charge is -2.25. The van der Waals surface area contributed by atoms with Crippen molar-refractivity contribution in [3.63, 3.8) is 0 Å². The van der Waals surface area contributed by atoms with Crippen LogP contribution in [-0.4, -0.2) is 19.1 Å². The molecule has 2 aromatic carbocycles. The second-order valence-corrected chi connectivity index (χ2v) is 6.99. The Morgan fingerprint density at radius 1 is 1.00 bits per heavy atom. The third-order valence-electron chi connectivity index (χ3n) is 4.12. The van der Waals surface area contributed by atoms with Crippen molar-refractivity contribution in [1.29, 1.82) is 0 Å². The summed E-state index contributed by atoms with van der Waals surface area (Å²) in [7, 11) is 0. The second kappa shape index (κ2) is 9.10. The average molecular weight is 349 g/mol. The molecule has 3 heteroatoms. The topological polar surface area (TPSA) is 38.3 Å². The standard InChI is InChI=1S/C23H27NO2/c1-5-16-26-22-14-10-20(11-15-22)7-6-19-8-12-21(13-9-19)23(3,4)17-24-18(2)25/h8-15H,5,16-17H2,1-4H3,(H,24,25). The van der Waals surface area contributed by atoms with E-state index in [1.165, 1.54) is 12.5 Å². The lowest BCUT2D eigenvalue weighted by molar-refractivity contribution is -0.119. The van der Waals surface area contributed by atoms with Crippen LogP contribution >= 0.6 is 0 Å². The number of nitrogens with one attached hydrogen (secondary N) is 1. The molecule has 0 unspecified atom stereocenters. The Morgan fingerprint density at radius 3 is 2.04 bits per heavy atom. The van der Waals surface area contributed by atoms with Crippen molar-refractivity contribution in [2.24, 2.45) is 0 Å². The molecule has 0 bridgehead atoms. The van der Waals surface area contributed by atoms with Gasteiger partial charge in [0.1, 0.15) is 5.75 Å². The average Bonchev–Trinajstić information content (AvgIpc) is 2.64. The Hall–Kier alpha value is -2.73. The first-order chi connectivity index (χ1) is 12.4. The van der Waals surface area contributed by atoms with Crippen molar-refractivity contribution in [2.45, 2.75) is 39.5 Å². The van der Waals surface area contributed by atoms with Crippen LogP contribution in [0.25, 0.3) is 0 Å². The smallest absolute Gasteiger partial charge is 0.216 e. The molecule has 0 aliphatic rings. The van der Waals surface area contributed by atoms with Crippen molar-refractivity contribution < 1.29 is 9.53 Å². The van der Waals surface area contributed by atoms with Crippen molar-refractivity contribution in [1.82, 2.24) is 5.32 Å². The van der Waals surface area contributed by atoms with Gasteiger partial charge in [-0.1, -0.05) is 44.7 Å². The largest absolute Gasteiger partial charge is 0.494 e. The molecule has 0 aliphatic carbocycles. The molecule has 0 saturated carbocycles. The van der Waals surface area contributed by atoms with Gasteiger partial charge in [0.15, 0.2) is 0 Å². The fourth-order valence-corrected chi connectivity index (χ4v) is 2.45. The first kappa shape index (κ1) is 19.6. The van der Waals surface area contributed by atoms with Gasteiger partial charge in [0, 0.05) is 30.0 Å². The highest BCUT2D eigenvalue weighted by Gasteiger charge is 2.20. The molecule has 0 radical (unpaired) electrons. The molecule has 0 fully saturated rings. The molecule has 0 aliphatic heterocycles. The first-order valence-electron chi connectivity index (χ1n) is 9.00. The number of carbonyl (C=O) groups excluding carboxylic acids is 1. The molecule has 0 saturated heterocycles. The highest BCUT2D eigenvalue weighted by atomic mass is 16.5. The first-order valence-corrected chi connectivity index (χ1v) is 9.00. The van der Waals surface area contributed by atoms with Crippen LogP contribution in [0.5, 0.6) is 5.75 Å². The lowest BCUT2D eigenvalue weighted by Crippen LogP contribution is -2.35. The van der Waals surface area contributed by atoms with Crippen molar-refractivity contribution in [2.75, 3.05) is 13.2 Å².